The van der Waals surface area contributed by atoms with E-state index in [1.54, 1.807) is 6.92 Å². The minimum Gasteiger partial charge on any atom is -0.388 e. The number of amidine groups is 1. The first-order chi connectivity index (χ1) is 24.7. The van der Waals surface area contributed by atoms with Gasteiger partial charge in [0.25, 0.3) is 0 Å². The van der Waals surface area contributed by atoms with Gasteiger partial charge in [-0.05, 0) is 137 Å². The van der Waals surface area contributed by atoms with Gasteiger partial charge in [0.1, 0.15) is 11.6 Å². The quantitative estimate of drug-likeness (QED) is 0.0483. The largest absolute Gasteiger partial charge is 0.388 e. The Morgan fingerprint density at radius 1 is 0.536 bits per heavy atom. The highest BCUT2D eigenvalue weighted by Gasteiger charge is 2.72. The zero-order chi connectivity index (χ0) is 44.7. The maximum atomic E-state index is 13.8. The number of hydrogen-bond donors (Lipinski definition) is 5. The molecule has 0 aromatic rings. The van der Waals surface area contributed by atoms with Gasteiger partial charge < -0.3 is 28.7 Å². The van der Waals surface area contributed by atoms with Crippen molar-refractivity contribution in [1.82, 2.24) is 9.80 Å². The molecule has 1 aliphatic heterocycles. The number of rotatable bonds is 20. The third-order valence-electron chi connectivity index (χ3n) is 16.9. The Kier molecular flexibility index (Phi) is 15.7. The second kappa shape index (κ2) is 16.9. The van der Waals surface area contributed by atoms with E-state index in [-0.39, 0.29) is 50.5 Å². The average molecular weight is 790 g/mol. The number of piperazine rings is 1. The number of aliphatic imine (C=N–C) groups is 2. The molecule has 0 radical (unpaired) electrons. The summed E-state index contributed by atoms with van der Waals surface area (Å²) in [6.07, 6.45) is 3.24. The van der Waals surface area contributed by atoms with E-state index in [1.165, 1.54) is 0 Å². The van der Waals surface area contributed by atoms with Gasteiger partial charge in [-0.15, -0.1) is 0 Å². The molecule has 2 atom stereocenters. The molecule has 1 rings (SSSR count). The van der Waals surface area contributed by atoms with Gasteiger partial charge in [-0.2, -0.15) is 0 Å². The first-order valence-electron chi connectivity index (χ1n) is 21.2. The first-order valence-corrected chi connectivity index (χ1v) is 21.2. The molecule has 0 spiro atoms. The van der Waals surface area contributed by atoms with Crippen LogP contribution in [0.5, 0.6) is 0 Å². The number of ketones is 2. The van der Waals surface area contributed by atoms with Crippen molar-refractivity contribution >= 4 is 23.4 Å². The van der Waals surface area contributed by atoms with Crippen molar-refractivity contribution in [1.29, 1.82) is 0 Å². The fourth-order valence-electron chi connectivity index (χ4n) is 10.5. The van der Waals surface area contributed by atoms with Gasteiger partial charge in [-0.25, -0.2) is 0 Å². The highest BCUT2D eigenvalue weighted by atomic mass is 16.1. The molecular weight excluding hydrogens is 699 g/mol. The first kappa shape index (κ1) is 51.9. The van der Waals surface area contributed by atoms with E-state index in [4.69, 9.17) is 28.7 Å². The Balaban J connectivity index is 3.71. The van der Waals surface area contributed by atoms with Crippen molar-refractivity contribution in [2.45, 2.75) is 229 Å². The van der Waals surface area contributed by atoms with E-state index in [1.807, 2.05) is 0 Å². The molecule has 1 heterocycles. The number of nitrogens with two attached hydrogens (primary N) is 5. The van der Waals surface area contributed by atoms with Crippen LogP contribution in [0.2, 0.25) is 0 Å². The van der Waals surface area contributed by atoms with E-state index in [2.05, 4.69) is 158 Å². The van der Waals surface area contributed by atoms with Crippen molar-refractivity contribution in [3.8, 4) is 0 Å². The van der Waals surface area contributed by atoms with Gasteiger partial charge in [-0.3, -0.25) is 29.4 Å². The standard InChI is InChI=1S/C45H91N9O2/c1-30(46)51-26-22-24-31(47)33(55)28-36(2,3)38(6,7)40(10,11)53-42(14,15)44(18,19)54(45(20,21)43(53,16)17)41(12,13)39(8,9)37(4,5)29-34(56)32(48)25-23-27-52-35(49)50/h31-32H,22-29,47-48H2,1-21H3,(H2,46,51)(H4,49,50,52)/t31-,32-/m0/s1. The minimum absolute atomic E-state index is 0.0494. The molecule has 1 aliphatic rings. The Morgan fingerprint density at radius 2 is 0.804 bits per heavy atom. The maximum Gasteiger partial charge on any atom is 0.185 e. The SMILES string of the molecule is CC(N)=NCCC[C@H](N)C(=O)CC(C)(C)C(C)(C)C(C)(C)N1C(C)(C)C(C)(C)N(C(C)(C)C(C)(C)C(C)(C)CC(=O)[C@@H](N)CCCN=C(N)N)C(C)(C)C1(C)C. The van der Waals surface area contributed by atoms with Crippen LogP contribution in [0.1, 0.15) is 184 Å². The molecular formula is C45H91N9O2. The van der Waals surface area contributed by atoms with Gasteiger partial charge in [0, 0.05) is 59.2 Å². The lowest BCUT2D eigenvalue weighted by Gasteiger charge is -2.80. The summed E-state index contributed by atoms with van der Waals surface area (Å²) in [6.45, 7) is 49.7. The predicted molar refractivity (Wildman–Crippen MR) is 240 cm³/mol. The molecule has 11 heteroatoms. The molecule has 0 unspecified atom stereocenters. The molecule has 0 aromatic heterocycles. The number of carbonyl (C=O) groups is 2. The molecule has 11 nitrogen and oxygen atoms in total. The summed E-state index contributed by atoms with van der Waals surface area (Å²) in [5.41, 5.74) is 25.8. The Labute approximate surface area is 344 Å². The van der Waals surface area contributed by atoms with Crippen LogP contribution in [0.25, 0.3) is 0 Å². The highest BCUT2D eigenvalue weighted by Crippen LogP contribution is 2.64. The van der Waals surface area contributed by atoms with Crippen LogP contribution in [-0.4, -0.2) is 91.6 Å². The Hall–Kier alpha value is -2.08. The summed E-state index contributed by atoms with van der Waals surface area (Å²) < 4.78 is 0. The van der Waals surface area contributed by atoms with E-state index in [0.29, 0.717) is 51.0 Å². The predicted octanol–water partition coefficient (Wildman–Crippen LogP) is 7.16. The van der Waals surface area contributed by atoms with Gasteiger partial charge in [0.15, 0.2) is 5.96 Å². The van der Waals surface area contributed by atoms with Crippen LogP contribution >= 0.6 is 0 Å². The van der Waals surface area contributed by atoms with Crippen LogP contribution < -0.4 is 28.7 Å². The molecule has 56 heavy (non-hydrogen) atoms. The van der Waals surface area contributed by atoms with Crippen LogP contribution in [0.4, 0.5) is 0 Å². The lowest BCUT2D eigenvalue weighted by molar-refractivity contribution is -0.299. The molecule has 0 aromatic carbocycles. The van der Waals surface area contributed by atoms with Crippen molar-refractivity contribution in [2.75, 3.05) is 13.1 Å². The summed E-state index contributed by atoms with van der Waals surface area (Å²) >= 11 is 0. The zero-order valence-electron chi connectivity index (χ0n) is 40.3. The third kappa shape index (κ3) is 9.36. The lowest BCUT2D eigenvalue weighted by atomic mass is 9.50. The number of nitrogens with zero attached hydrogens (tertiary/aromatic N) is 4. The summed E-state index contributed by atoms with van der Waals surface area (Å²) in [5.74, 6) is 0.751. The second-order valence-electron chi connectivity index (χ2n) is 22.7. The molecule has 1 fully saturated rings. The smallest absolute Gasteiger partial charge is 0.185 e. The molecule has 0 saturated carbocycles. The maximum absolute atomic E-state index is 13.8. The van der Waals surface area contributed by atoms with Gasteiger partial charge in [-0.1, -0.05) is 55.4 Å². The highest BCUT2D eigenvalue weighted by molar-refractivity contribution is 5.85. The molecule has 10 N–H and O–H groups in total. The van der Waals surface area contributed by atoms with E-state index in [9.17, 15) is 9.59 Å². The minimum atomic E-state index is -0.571. The molecule has 0 amide bonds. The van der Waals surface area contributed by atoms with Gasteiger partial charge >= 0.3 is 0 Å². The summed E-state index contributed by atoms with van der Waals surface area (Å²) in [6, 6.07) is -1.11. The van der Waals surface area contributed by atoms with Crippen LogP contribution in [0, 0.1) is 21.7 Å². The van der Waals surface area contributed by atoms with Crippen molar-refractivity contribution in [2.24, 2.45) is 60.3 Å². The fourth-order valence-corrected chi connectivity index (χ4v) is 10.5. The monoisotopic (exact) mass is 790 g/mol. The van der Waals surface area contributed by atoms with Crippen LogP contribution in [0.3, 0.4) is 0 Å². The number of guanidine groups is 1. The average Bonchev–Trinajstić information content (AvgIpc) is 2.98. The summed E-state index contributed by atoms with van der Waals surface area (Å²) in [4.78, 5) is 41.4. The second-order valence-corrected chi connectivity index (χ2v) is 22.7. The van der Waals surface area contributed by atoms with E-state index < -0.39 is 34.0 Å². The summed E-state index contributed by atoms with van der Waals surface area (Å²) in [7, 11) is 0. The van der Waals surface area contributed by atoms with E-state index >= 15 is 0 Å². The normalized spacial score (nSPS) is 21.0. The van der Waals surface area contributed by atoms with Crippen molar-refractivity contribution in [3.63, 3.8) is 0 Å². The van der Waals surface area contributed by atoms with E-state index in [0.717, 1.165) is 6.42 Å². The van der Waals surface area contributed by atoms with Gasteiger partial charge in [0.2, 0.25) is 0 Å². The van der Waals surface area contributed by atoms with Crippen LogP contribution in [0.15, 0.2) is 9.98 Å². The fraction of sp³-hybridized carbons (Fsp3) is 0.911. The Morgan fingerprint density at radius 3 is 1.05 bits per heavy atom. The van der Waals surface area contributed by atoms with Crippen molar-refractivity contribution < 1.29 is 9.59 Å². The number of carbonyl (C=O) groups excluding carboxylic acids is 2. The third-order valence-corrected chi connectivity index (χ3v) is 16.9. The Bertz CT molecular complexity index is 1300. The topological polar surface area (TPSA) is 195 Å². The van der Waals surface area contributed by atoms with Crippen molar-refractivity contribution in [3.05, 3.63) is 0 Å². The molecule has 328 valence electrons. The van der Waals surface area contributed by atoms with Gasteiger partial charge in [0.05, 0.1) is 17.9 Å². The van der Waals surface area contributed by atoms with Crippen LogP contribution in [-0.2, 0) is 9.59 Å². The molecule has 1 saturated heterocycles. The number of Topliss-reactive ketones (excluding diaryl/α,β-unsaturated/α-hetero) is 2. The zero-order valence-corrected chi connectivity index (χ0v) is 40.3. The summed E-state index contributed by atoms with van der Waals surface area (Å²) in [5, 5.41) is 0. The molecule has 0 aliphatic carbocycles. The number of hydrogen-bond acceptors (Lipinski definition) is 8. The lowest BCUT2D eigenvalue weighted by Crippen LogP contribution is -2.91. The molecule has 0 bridgehead atoms.